The third-order valence-electron chi connectivity index (χ3n) is 7.35. The van der Waals surface area contributed by atoms with Gasteiger partial charge < -0.3 is 20.1 Å². The molecule has 3 aromatic rings. The zero-order valence-corrected chi connectivity index (χ0v) is 21.2. The van der Waals surface area contributed by atoms with Crippen LogP contribution in [0.2, 0.25) is 0 Å². The van der Waals surface area contributed by atoms with E-state index >= 15 is 0 Å². The molecule has 0 unspecified atom stereocenters. The average Bonchev–Trinajstić information content (AvgIpc) is 3.35. The van der Waals surface area contributed by atoms with Crippen molar-refractivity contribution in [2.45, 2.75) is 64.1 Å². The second-order valence-electron chi connectivity index (χ2n) is 9.66. The molecule has 6 nitrogen and oxygen atoms in total. The molecule has 1 aliphatic heterocycles. The molecule has 1 amide bonds. The third-order valence-corrected chi connectivity index (χ3v) is 7.70. The van der Waals surface area contributed by atoms with Gasteiger partial charge >= 0.3 is 0 Å². The van der Waals surface area contributed by atoms with Crippen LogP contribution in [0.1, 0.15) is 72.9 Å². The van der Waals surface area contributed by atoms with Gasteiger partial charge in [0, 0.05) is 29.3 Å². The number of para-hydroxylation sites is 1. The summed E-state index contributed by atoms with van der Waals surface area (Å²) in [6, 6.07) is 18.1. The highest BCUT2D eigenvalue weighted by Gasteiger charge is 2.42. The molecular weight excluding hydrogens is 454 g/mol. The van der Waals surface area contributed by atoms with Crippen LogP contribution in [0.4, 0.5) is 5.69 Å². The van der Waals surface area contributed by atoms with Gasteiger partial charge in [-0.15, -0.1) is 0 Å². The molecule has 2 atom stereocenters. The van der Waals surface area contributed by atoms with Crippen molar-refractivity contribution in [1.82, 2.24) is 19.8 Å². The first-order chi connectivity index (χ1) is 17.0. The fourth-order valence-electron chi connectivity index (χ4n) is 5.79. The number of thiocarbonyl (C=S) groups is 1. The van der Waals surface area contributed by atoms with E-state index < -0.39 is 0 Å². The maximum atomic E-state index is 13.1. The van der Waals surface area contributed by atoms with Crippen LogP contribution in [-0.2, 0) is 4.79 Å². The highest BCUT2D eigenvalue weighted by atomic mass is 32.1. The van der Waals surface area contributed by atoms with Gasteiger partial charge in [0.05, 0.1) is 17.8 Å². The van der Waals surface area contributed by atoms with Crippen molar-refractivity contribution in [3.05, 3.63) is 83.4 Å². The molecule has 35 heavy (non-hydrogen) atoms. The van der Waals surface area contributed by atoms with Gasteiger partial charge in [-0.05, 0) is 74.8 Å². The van der Waals surface area contributed by atoms with Crippen molar-refractivity contribution in [3.63, 3.8) is 0 Å². The summed E-state index contributed by atoms with van der Waals surface area (Å²) in [4.78, 5) is 19.8. The summed E-state index contributed by atoms with van der Waals surface area (Å²) in [6.07, 6.45) is 8.17. The number of hydrogen-bond acceptors (Lipinski definition) is 3. The molecule has 2 fully saturated rings. The van der Waals surface area contributed by atoms with Gasteiger partial charge in [0.1, 0.15) is 6.54 Å². The first kappa shape index (κ1) is 23.5. The van der Waals surface area contributed by atoms with Crippen LogP contribution < -0.4 is 10.6 Å². The fourth-order valence-corrected chi connectivity index (χ4v) is 6.10. The van der Waals surface area contributed by atoms with Crippen molar-refractivity contribution < 1.29 is 4.79 Å². The summed E-state index contributed by atoms with van der Waals surface area (Å²) >= 11 is 5.79. The Hall–Kier alpha value is -3.19. The number of aryl methyl sites for hydroxylation is 1. The molecule has 2 aromatic heterocycles. The summed E-state index contributed by atoms with van der Waals surface area (Å²) in [5.74, 6) is -0.0897. The van der Waals surface area contributed by atoms with Crippen molar-refractivity contribution >= 4 is 28.9 Å². The summed E-state index contributed by atoms with van der Waals surface area (Å²) in [5, 5.41) is 7.07. The monoisotopic (exact) mass is 487 g/mol. The number of pyridine rings is 1. The Kier molecular flexibility index (Phi) is 6.86. The first-order valence-electron chi connectivity index (χ1n) is 12.5. The third kappa shape index (κ3) is 4.82. The van der Waals surface area contributed by atoms with E-state index in [2.05, 4.69) is 40.1 Å². The number of carbonyl (C=O) groups is 1. The molecule has 0 radical (unpaired) electrons. The van der Waals surface area contributed by atoms with E-state index in [0.717, 1.165) is 11.4 Å². The highest BCUT2D eigenvalue weighted by Crippen LogP contribution is 2.42. The summed E-state index contributed by atoms with van der Waals surface area (Å²) in [5.41, 5.74) is 5.46. The minimum Gasteiger partial charge on any atom is -0.352 e. The maximum absolute atomic E-state index is 13.1. The SMILES string of the molecule is Cc1cc([C@H]2[C@H](c3ccccn3)NC(=S)N2CC(=O)Nc2ccccc2)c(C)n1C1CCCCC1. The normalized spacial score (nSPS) is 20.6. The van der Waals surface area contributed by atoms with Gasteiger partial charge in [-0.3, -0.25) is 9.78 Å². The predicted molar refractivity (Wildman–Crippen MR) is 143 cm³/mol. The molecule has 2 aliphatic rings. The molecule has 7 heteroatoms. The van der Waals surface area contributed by atoms with Gasteiger partial charge in [-0.1, -0.05) is 43.5 Å². The smallest absolute Gasteiger partial charge is 0.244 e. The molecule has 2 N–H and O–H groups in total. The largest absolute Gasteiger partial charge is 0.352 e. The number of carbonyl (C=O) groups excluding carboxylic acids is 1. The van der Waals surface area contributed by atoms with Crippen LogP contribution in [0.5, 0.6) is 0 Å². The van der Waals surface area contributed by atoms with Crippen molar-refractivity contribution in [2.75, 3.05) is 11.9 Å². The molecule has 1 aromatic carbocycles. The Morgan fingerprint density at radius 2 is 1.83 bits per heavy atom. The van der Waals surface area contributed by atoms with Gasteiger partial charge in [0.15, 0.2) is 5.11 Å². The lowest BCUT2D eigenvalue weighted by Gasteiger charge is -2.29. The zero-order valence-electron chi connectivity index (χ0n) is 20.4. The van der Waals surface area contributed by atoms with Gasteiger partial charge in [0.25, 0.3) is 0 Å². The molecular formula is C28H33N5OS. The molecule has 1 saturated heterocycles. The predicted octanol–water partition coefficient (Wildman–Crippen LogP) is 5.62. The van der Waals surface area contributed by atoms with Crippen molar-refractivity contribution in [2.24, 2.45) is 0 Å². The molecule has 1 aliphatic carbocycles. The fraction of sp³-hybridized carbons (Fsp3) is 0.393. The number of anilines is 1. The number of aromatic nitrogens is 2. The van der Waals surface area contributed by atoms with Crippen LogP contribution in [0.15, 0.2) is 60.8 Å². The topological polar surface area (TPSA) is 62.2 Å². The van der Waals surface area contributed by atoms with Crippen LogP contribution in [0.3, 0.4) is 0 Å². The Morgan fingerprint density at radius 1 is 1.09 bits per heavy atom. The van der Waals surface area contributed by atoms with E-state index in [4.69, 9.17) is 12.2 Å². The first-order valence-corrected chi connectivity index (χ1v) is 12.9. The number of rotatable bonds is 6. The molecule has 0 bridgehead atoms. The van der Waals surface area contributed by atoms with E-state index in [0.29, 0.717) is 11.2 Å². The Bertz CT molecular complexity index is 1190. The lowest BCUT2D eigenvalue weighted by atomic mass is 9.94. The van der Waals surface area contributed by atoms with Crippen molar-refractivity contribution in [3.8, 4) is 0 Å². The average molecular weight is 488 g/mol. The molecule has 1 saturated carbocycles. The Labute approximate surface area is 212 Å². The second kappa shape index (κ2) is 10.2. The van der Waals surface area contributed by atoms with Gasteiger partial charge in [-0.2, -0.15) is 0 Å². The minimum absolute atomic E-state index is 0.0897. The van der Waals surface area contributed by atoms with Crippen LogP contribution in [-0.4, -0.2) is 32.0 Å². The van der Waals surface area contributed by atoms with E-state index in [-0.39, 0.29) is 24.5 Å². The Balaban J connectivity index is 1.49. The summed E-state index contributed by atoms with van der Waals surface area (Å²) < 4.78 is 2.52. The van der Waals surface area contributed by atoms with E-state index in [1.807, 2.05) is 59.6 Å². The number of amides is 1. The lowest BCUT2D eigenvalue weighted by molar-refractivity contribution is -0.116. The Morgan fingerprint density at radius 3 is 2.54 bits per heavy atom. The number of nitrogens with one attached hydrogen (secondary N) is 2. The second-order valence-corrected chi connectivity index (χ2v) is 10.0. The highest BCUT2D eigenvalue weighted by molar-refractivity contribution is 7.80. The summed E-state index contributed by atoms with van der Waals surface area (Å²) in [6.45, 7) is 4.59. The van der Waals surface area contributed by atoms with Crippen LogP contribution >= 0.6 is 12.2 Å². The standard InChI is InChI=1S/C28H33N5OS/c1-19-17-23(20(2)33(19)22-13-7-4-8-14-22)27-26(24-15-9-10-16-29-24)31-28(35)32(27)18-25(34)30-21-11-5-3-6-12-21/h3,5-6,9-12,15-17,22,26-27H,4,7-8,13-14,18H2,1-2H3,(H,30,34)(H,31,35)/t26-,27-/m0/s1. The lowest BCUT2D eigenvalue weighted by Crippen LogP contribution is -2.37. The van der Waals surface area contributed by atoms with Gasteiger partial charge in [-0.25, -0.2) is 0 Å². The quantitative estimate of drug-likeness (QED) is 0.442. The minimum atomic E-state index is -0.131. The maximum Gasteiger partial charge on any atom is 0.244 e. The summed E-state index contributed by atoms with van der Waals surface area (Å²) in [7, 11) is 0. The molecule has 3 heterocycles. The molecule has 0 spiro atoms. The van der Waals surface area contributed by atoms with E-state index in [1.54, 1.807) is 0 Å². The number of hydrogen-bond donors (Lipinski definition) is 2. The molecule has 182 valence electrons. The van der Waals surface area contributed by atoms with Gasteiger partial charge in [0.2, 0.25) is 5.91 Å². The zero-order chi connectivity index (χ0) is 24.4. The van der Waals surface area contributed by atoms with Crippen LogP contribution in [0, 0.1) is 13.8 Å². The number of nitrogens with zero attached hydrogens (tertiary/aromatic N) is 3. The van der Waals surface area contributed by atoms with Crippen molar-refractivity contribution in [1.29, 1.82) is 0 Å². The van der Waals surface area contributed by atoms with E-state index in [1.165, 1.54) is 49.1 Å². The van der Waals surface area contributed by atoms with E-state index in [9.17, 15) is 4.79 Å². The van der Waals surface area contributed by atoms with Crippen LogP contribution in [0.25, 0.3) is 0 Å². The number of benzene rings is 1. The molecule has 5 rings (SSSR count).